The summed E-state index contributed by atoms with van der Waals surface area (Å²) in [4.78, 5) is 19.6. The molecule has 1 heterocycles. The third-order valence-corrected chi connectivity index (χ3v) is 7.10. The Morgan fingerprint density at radius 2 is 1.57 bits per heavy atom. The molecular weight excluding hydrogens is 460 g/mol. The first-order valence-corrected chi connectivity index (χ1v) is 12.5. The molecule has 178 valence electrons. The summed E-state index contributed by atoms with van der Waals surface area (Å²) in [7, 11) is -2.28. The number of benzene rings is 3. The zero-order chi connectivity index (χ0) is 25.0. The minimum Gasteiger partial charge on any atom is -0.379 e. The second kappa shape index (κ2) is 10.1. The highest BCUT2D eigenvalue weighted by molar-refractivity contribution is 7.87. The monoisotopic (exact) mass is 486 g/mol. The van der Waals surface area contributed by atoms with Crippen LogP contribution < -0.4 is 4.18 Å². The van der Waals surface area contributed by atoms with Crippen LogP contribution in [0.3, 0.4) is 0 Å². The van der Waals surface area contributed by atoms with Gasteiger partial charge in [0.1, 0.15) is 10.6 Å². The van der Waals surface area contributed by atoms with Gasteiger partial charge in [-0.1, -0.05) is 48.5 Å². The van der Waals surface area contributed by atoms with Gasteiger partial charge < -0.3 is 9.08 Å². The molecule has 0 aliphatic rings. The molecule has 1 aromatic heterocycles. The van der Waals surface area contributed by atoms with Crippen LogP contribution in [0.15, 0.2) is 102 Å². The standard InChI is InChI=1S/C28H26N2O4S/c1-20-12-13-21(2)26(19-20)35(32,33)34-24-16-14-23(15-17-24)28(31)30(3)27(22-9-5-4-6-10-22)25-11-7-8-18-29-25/h4-19,27H,1-3H3. The van der Waals surface area contributed by atoms with Crippen LogP contribution in [0.2, 0.25) is 0 Å². The molecular formula is C28H26N2O4S. The number of aryl methyl sites for hydroxylation is 2. The van der Waals surface area contributed by atoms with Crippen molar-refractivity contribution in [3.05, 3.63) is 125 Å². The topological polar surface area (TPSA) is 76.6 Å². The molecule has 0 aliphatic heterocycles. The molecule has 7 heteroatoms. The Morgan fingerprint density at radius 3 is 2.23 bits per heavy atom. The van der Waals surface area contributed by atoms with E-state index >= 15 is 0 Å². The minimum absolute atomic E-state index is 0.124. The maximum Gasteiger partial charge on any atom is 0.339 e. The Hall–Kier alpha value is -3.97. The Kier molecular flexibility index (Phi) is 6.98. The van der Waals surface area contributed by atoms with Crippen molar-refractivity contribution in [1.82, 2.24) is 9.88 Å². The summed E-state index contributed by atoms with van der Waals surface area (Å²) >= 11 is 0. The van der Waals surface area contributed by atoms with Crippen molar-refractivity contribution in [3.8, 4) is 5.75 Å². The van der Waals surface area contributed by atoms with Gasteiger partial charge in [-0.25, -0.2) is 0 Å². The lowest BCUT2D eigenvalue weighted by Crippen LogP contribution is -2.32. The summed E-state index contributed by atoms with van der Waals surface area (Å²) in [5, 5.41) is 0. The molecule has 0 aliphatic carbocycles. The first kappa shape index (κ1) is 24.2. The zero-order valence-electron chi connectivity index (χ0n) is 19.8. The molecule has 3 aromatic carbocycles. The third kappa shape index (κ3) is 5.41. The van der Waals surface area contributed by atoms with Gasteiger partial charge in [-0.05, 0) is 73.0 Å². The van der Waals surface area contributed by atoms with Crippen LogP contribution in [-0.4, -0.2) is 31.3 Å². The lowest BCUT2D eigenvalue weighted by molar-refractivity contribution is 0.0752. The number of pyridine rings is 1. The van der Waals surface area contributed by atoms with Crippen molar-refractivity contribution in [2.75, 3.05) is 7.05 Å². The van der Waals surface area contributed by atoms with Crippen LogP contribution in [0, 0.1) is 13.8 Å². The lowest BCUT2D eigenvalue weighted by atomic mass is 10.0. The van der Waals surface area contributed by atoms with Gasteiger partial charge in [0.05, 0.1) is 11.7 Å². The quantitative estimate of drug-likeness (QED) is 0.330. The van der Waals surface area contributed by atoms with Crippen molar-refractivity contribution < 1.29 is 17.4 Å². The van der Waals surface area contributed by atoms with E-state index < -0.39 is 10.1 Å². The lowest BCUT2D eigenvalue weighted by Gasteiger charge is -2.28. The van der Waals surface area contributed by atoms with E-state index in [9.17, 15) is 13.2 Å². The Morgan fingerprint density at radius 1 is 0.886 bits per heavy atom. The Bertz CT molecular complexity index is 1380. The average molecular weight is 487 g/mol. The normalized spacial score (nSPS) is 12.1. The molecule has 0 saturated heterocycles. The predicted molar refractivity (Wildman–Crippen MR) is 135 cm³/mol. The van der Waals surface area contributed by atoms with Gasteiger partial charge in [0.25, 0.3) is 5.91 Å². The van der Waals surface area contributed by atoms with Crippen molar-refractivity contribution in [1.29, 1.82) is 0 Å². The summed E-state index contributed by atoms with van der Waals surface area (Å²) in [6.07, 6.45) is 1.70. The zero-order valence-corrected chi connectivity index (χ0v) is 20.6. The van der Waals surface area contributed by atoms with E-state index in [1.807, 2.05) is 61.5 Å². The van der Waals surface area contributed by atoms with E-state index in [-0.39, 0.29) is 22.6 Å². The average Bonchev–Trinajstić information content (AvgIpc) is 2.86. The molecule has 6 nitrogen and oxygen atoms in total. The van der Waals surface area contributed by atoms with Crippen molar-refractivity contribution in [3.63, 3.8) is 0 Å². The summed E-state index contributed by atoms with van der Waals surface area (Å²) in [6, 6.07) is 26.2. The van der Waals surface area contributed by atoms with Crippen LogP contribution >= 0.6 is 0 Å². The van der Waals surface area contributed by atoms with E-state index in [1.165, 1.54) is 12.1 Å². The Balaban J connectivity index is 1.58. The number of hydrogen-bond acceptors (Lipinski definition) is 5. The molecule has 1 amide bonds. The number of nitrogens with zero attached hydrogens (tertiary/aromatic N) is 2. The molecule has 4 aromatic rings. The largest absolute Gasteiger partial charge is 0.379 e. The van der Waals surface area contributed by atoms with Crippen molar-refractivity contribution in [2.24, 2.45) is 0 Å². The first-order chi connectivity index (χ1) is 16.8. The molecule has 0 spiro atoms. The van der Waals surface area contributed by atoms with Gasteiger partial charge >= 0.3 is 10.1 Å². The van der Waals surface area contributed by atoms with E-state index in [1.54, 1.807) is 49.3 Å². The molecule has 1 unspecified atom stereocenters. The summed E-state index contributed by atoms with van der Waals surface area (Å²) in [5.41, 5.74) is 3.50. The molecule has 1 atom stereocenters. The SMILES string of the molecule is Cc1ccc(C)c(S(=O)(=O)Oc2ccc(C(=O)N(C)C(c3ccccc3)c3ccccn3)cc2)c1. The summed E-state index contributed by atoms with van der Waals surface area (Å²) < 4.78 is 30.9. The maximum atomic E-state index is 13.4. The van der Waals surface area contributed by atoms with Gasteiger partial charge in [0.2, 0.25) is 0 Å². The molecule has 0 N–H and O–H groups in total. The van der Waals surface area contributed by atoms with E-state index in [2.05, 4.69) is 4.98 Å². The molecule has 0 fully saturated rings. The second-order valence-corrected chi connectivity index (χ2v) is 9.83. The second-order valence-electron chi connectivity index (χ2n) is 8.31. The van der Waals surface area contributed by atoms with Crippen LogP contribution in [0.1, 0.15) is 38.8 Å². The highest BCUT2D eigenvalue weighted by Crippen LogP contribution is 2.28. The van der Waals surface area contributed by atoms with Crippen LogP contribution in [0.4, 0.5) is 0 Å². The summed E-state index contributed by atoms with van der Waals surface area (Å²) in [5.74, 6) is -0.0945. The molecule has 0 radical (unpaired) electrons. The smallest absolute Gasteiger partial charge is 0.339 e. The van der Waals surface area contributed by atoms with E-state index in [4.69, 9.17) is 4.18 Å². The molecule has 0 bridgehead atoms. The van der Waals surface area contributed by atoms with E-state index in [0.717, 1.165) is 16.8 Å². The number of amides is 1. The number of aromatic nitrogens is 1. The van der Waals surface area contributed by atoms with Crippen molar-refractivity contribution in [2.45, 2.75) is 24.8 Å². The highest BCUT2D eigenvalue weighted by atomic mass is 32.2. The predicted octanol–water partition coefficient (Wildman–Crippen LogP) is 5.33. The minimum atomic E-state index is -4.01. The maximum absolute atomic E-state index is 13.4. The van der Waals surface area contributed by atoms with Gasteiger partial charge in [-0.2, -0.15) is 8.42 Å². The van der Waals surface area contributed by atoms with Crippen LogP contribution in [0.5, 0.6) is 5.75 Å². The molecule has 4 rings (SSSR count). The van der Waals surface area contributed by atoms with Gasteiger partial charge in [0.15, 0.2) is 0 Å². The van der Waals surface area contributed by atoms with Gasteiger partial charge in [-0.3, -0.25) is 9.78 Å². The van der Waals surface area contributed by atoms with E-state index in [0.29, 0.717) is 11.1 Å². The first-order valence-electron chi connectivity index (χ1n) is 11.1. The van der Waals surface area contributed by atoms with Gasteiger partial charge in [0, 0.05) is 18.8 Å². The number of hydrogen-bond donors (Lipinski definition) is 0. The fraction of sp³-hybridized carbons (Fsp3) is 0.143. The fourth-order valence-electron chi connectivity index (χ4n) is 3.89. The van der Waals surface area contributed by atoms with Gasteiger partial charge in [-0.15, -0.1) is 0 Å². The fourth-order valence-corrected chi connectivity index (χ4v) is 5.13. The van der Waals surface area contributed by atoms with Crippen molar-refractivity contribution >= 4 is 16.0 Å². The third-order valence-electron chi connectivity index (χ3n) is 5.71. The molecule has 35 heavy (non-hydrogen) atoms. The highest BCUT2D eigenvalue weighted by Gasteiger charge is 2.26. The number of carbonyl (C=O) groups is 1. The number of rotatable bonds is 7. The Labute approximate surface area is 206 Å². The van der Waals surface area contributed by atoms with Crippen LogP contribution in [0.25, 0.3) is 0 Å². The summed E-state index contributed by atoms with van der Waals surface area (Å²) in [6.45, 7) is 3.54. The van der Waals surface area contributed by atoms with Crippen LogP contribution in [-0.2, 0) is 10.1 Å². The number of carbonyl (C=O) groups excluding carboxylic acids is 1. The molecule has 0 saturated carbocycles.